The van der Waals surface area contributed by atoms with Gasteiger partial charge in [0.05, 0.1) is 38.1 Å². The van der Waals surface area contributed by atoms with Crippen molar-refractivity contribution < 1.29 is 18.7 Å². The molecule has 2 aromatic heterocycles. The van der Waals surface area contributed by atoms with Gasteiger partial charge in [-0.2, -0.15) is 5.10 Å². The molecule has 2 atom stereocenters. The number of carbonyl (C=O) groups is 1. The minimum atomic E-state index is -0.233. The second kappa shape index (κ2) is 6.60. The van der Waals surface area contributed by atoms with Crippen molar-refractivity contribution in [2.45, 2.75) is 25.5 Å². The molecule has 7 heteroatoms. The van der Waals surface area contributed by atoms with E-state index in [1.807, 2.05) is 31.2 Å². The molecule has 1 fully saturated rings. The van der Waals surface area contributed by atoms with Gasteiger partial charge >= 0.3 is 0 Å². The van der Waals surface area contributed by atoms with Crippen LogP contribution in [0.3, 0.4) is 0 Å². The summed E-state index contributed by atoms with van der Waals surface area (Å²) in [7, 11) is 0. The Balaban J connectivity index is 1.43. The first-order valence-electron chi connectivity index (χ1n) is 8.20. The number of H-pyrrole nitrogens is 1. The summed E-state index contributed by atoms with van der Waals surface area (Å²) in [5.41, 5.74) is 1.72. The lowest BCUT2D eigenvalue weighted by molar-refractivity contribution is -0.121. The number of aryl methyl sites for hydroxylation is 1. The third-order valence-electron chi connectivity index (χ3n) is 4.37. The van der Waals surface area contributed by atoms with Crippen molar-refractivity contribution in [2.75, 3.05) is 13.2 Å². The molecule has 3 aromatic rings. The molecular weight excluding hydrogens is 322 g/mol. The van der Waals surface area contributed by atoms with E-state index in [4.69, 9.17) is 13.9 Å². The van der Waals surface area contributed by atoms with E-state index < -0.39 is 0 Å². The Labute approximate surface area is 144 Å². The second-order valence-corrected chi connectivity index (χ2v) is 6.11. The largest absolute Gasteiger partial charge is 0.482 e. The summed E-state index contributed by atoms with van der Waals surface area (Å²) < 4.78 is 17.0. The van der Waals surface area contributed by atoms with E-state index in [1.54, 1.807) is 12.4 Å². The summed E-state index contributed by atoms with van der Waals surface area (Å²) in [4.78, 5) is 12.5. The third-order valence-corrected chi connectivity index (χ3v) is 4.37. The number of para-hydroxylation sites is 1. The number of nitrogens with zero attached hydrogens (tertiary/aromatic N) is 1. The summed E-state index contributed by atoms with van der Waals surface area (Å²) >= 11 is 0. The van der Waals surface area contributed by atoms with Crippen LogP contribution in [0.5, 0.6) is 5.75 Å². The van der Waals surface area contributed by atoms with E-state index in [0.29, 0.717) is 19.0 Å². The van der Waals surface area contributed by atoms with Crippen LogP contribution >= 0.6 is 0 Å². The Morgan fingerprint density at radius 2 is 2.28 bits per heavy atom. The van der Waals surface area contributed by atoms with Crippen molar-refractivity contribution in [2.24, 2.45) is 0 Å². The van der Waals surface area contributed by atoms with Crippen LogP contribution in [0.15, 0.2) is 41.1 Å². The number of hydrogen-bond acceptors (Lipinski definition) is 5. The van der Waals surface area contributed by atoms with Gasteiger partial charge in [-0.3, -0.25) is 9.89 Å². The van der Waals surface area contributed by atoms with Crippen LogP contribution in [0.25, 0.3) is 11.0 Å². The Kier molecular flexibility index (Phi) is 4.15. The Hall–Kier alpha value is -2.80. The number of fused-ring (bicyclic) bond motifs is 1. The van der Waals surface area contributed by atoms with Gasteiger partial charge in [0.2, 0.25) is 5.91 Å². The first-order chi connectivity index (χ1) is 12.2. The van der Waals surface area contributed by atoms with Crippen LogP contribution in [0.4, 0.5) is 0 Å². The fourth-order valence-electron chi connectivity index (χ4n) is 3.12. The summed E-state index contributed by atoms with van der Waals surface area (Å²) in [6.07, 6.45) is 3.29. The van der Waals surface area contributed by atoms with Crippen LogP contribution in [0.1, 0.15) is 11.3 Å². The fourth-order valence-corrected chi connectivity index (χ4v) is 3.12. The lowest BCUT2D eigenvalue weighted by Gasteiger charge is -2.19. The molecule has 0 saturated carbocycles. The van der Waals surface area contributed by atoms with Crippen LogP contribution in [-0.2, 0) is 16.0 Å². The van der Waals surface area contributed by atoms with Crippen LogP contribution in [-0.4, -0.2) is 41.5 Å². The Morgan fingerprint density at radius 3 is 3.12 bits per heavy atom. The molecule has 0 radical (unpaired) electrons. The monoisotopic (exact) mass is 341 g/mol. The van der Waals surface area contributed by atoms with E-state index in [-0.39, 0.29) is 24.5 Å². The van der Waals surface area contributed by atoms with Gasteiger partial charge in [-0.15, -0.1) is 0 Å². The van der Waals surface area contributed by atoms with Gasteiger partial charge in [-0.05, 0) is 13.0 Å². The number of nitrogens with one attached hydrogen (secondary N) is 2. The molecule has 2 N–H and O–H groups in total. The molecule has 1 amide bonds. The third kappa shape index (κ3) is 3.23. The molecule has 4 rings (SSSR count). The predicted molar refractivity (Wildman–Crippen MR) is 90.4 cm³/mol. The summed E-state index contributed by atoms with van der Waals surface area (Å²) in [6, 6.07) is 7.54. The van der Waals surface area contributed by atoms with Gasteiger partial charge < -0.3 is 19.2 Å². The fraction of sp³-hybridized carbons (Fsp3) is 0.333. The molecule has 1 aliphatic heterocycles. The van der Waals surface area contributed by atoms with E-state index in [2.05, 4.69) is 15.5 Å². The smallest absolute Gasteiger partial charge is 0.225 e. The molecule has 0 aliphatic carbocycles. The quantitative estimate of drug-likeness (QED) is 0.740. The minimum absolute atomic E-state index is 0.0778. The molecule has 1 saturated heterocycles. The second-order valence-electron chi connectivity index (χ2n) is 6.11. The summed E-state index contributed by atoms with van der Waals surface area (Å²) in [5, 5.41) is 10.5. The maximum Gasteiger partial charge on any atom is 0.225 e. The van der Waals surface area contributed by atoms with Gasteiger partial charge in [0.15, 0.2) is 5.75 Å². The molecule has 1 aromatic carbocycles. The number of carbonyl (C=O) groups excluding carboxylic acids is 1. The average Bonchev–Trinajstić information content (AvgIpc) is 3.32. The molecule has 1 aliphatic rings. The van der Waals surface area contributed by atoms with Crippen LogP contribution < -0.4 is 10.1 Å². The highest BCUT2D eigenvalue weighted by Crippen LogP contribution is 2.25. The predicted octanol–water partition coefficient (Wildman–Crippen LogP) is 1.97. The maximum absolute atomic E-state index is 12.5. The van der Waals surface area contributed by atoms with Crippen molar-refractivity contribution in [3.05, 3.63) is 48.0 Å². The van der Waals surface area contributed by atoms with Crippen LogP contribution in [0.2, 0.25) is 0 Å². The zero-order chi connectivity index (χ0) is 17.2. The number of amides is 1. The first-order valence-corrected chi connectivity index (χ1v) is 8.20. The SMILES string of the molecule is Cc1oc2ccccc2c1CC(=O)N[C@H]1COC[C@H]1Oc1cn[nH]c1. The Bertz CT molecular complexity index is 872. The zero-order valence-electron chi connectivity index (χ0n) is 13.8. The number of benzene rings is 1. The van der Waals surface area contributed by atoms with E-state index in [0.717, 1.165) is 22.3 Å². The first kappa shape index (κ1) is 15.7. The van der Waals surface area contributed by atoms with E-state index in [1.165, 1.54) is 0 Å². The standard InChI is InChI=1S/C18H19N3O4/c1-11-14(13-4-2-3-5-16(13)24-11)6-18(22)21-15-9-23-10-17(15)25-12-7-19-20-8-12/h2-5,7-8,15,17H,6,9-10H2,1H3,(H,19,20)(H,21,22)/t15-,17+/m0/s1. The molecular formula is C18H19N3O4. The highest BCUT2D eigenvalue weighted by atomic mass is 16.5. The van der Waals surface area contributed by atoms with Crippen molar-refractivity contribution in [1.29, 1.82) is 0 Å². The highest BCUT2D eigenvalue weighted by molar-refractivity contribution is 5.88. The van der Waals surface area contributed by atoms with E-state index >= 15 is 0 Å². The van der Waals surface area contributed by atoms with Gasteiger partial charge in [0.25, 0.3) is 0 Å². The highest BCUT2D eigenvalue weighted by Gasteiger charge is 2.32. The van der Waals surface area contributed by atoms with Gasteiger partial charge in [-0.25, -0.2) is 0 Å². The molecule has 0 bridgehead atoms. The zero-order valence-corrected chi connectivity index (χ0v) is 13.8. The van der Waals surface area contributed by atoms with Gasteiger partial charge in [0, 0.05) is 10.9 Å². The van der Waals surface area contributed by atoms with Crippen molar-refractivity contribution >= 4 is 16.9 Å². The molecule has 130 valence electrons. The molecule has 3 heterocycles. The van der Waals surface area contributed by atoms with Crippen molar-refractivity contribution in [1.82, 2.24) is 15.5 Å². The number of aromatic nitrogens is 2. The van der Waals surface area contributed by atoms with Crippen molar-refractivity contribution in [3.63, 3.8) is 0 Å². The number of furan rings is 1. The lowest BCUT2D eigenvalue weighted by Crippen LogP contribution is -2.45. The number of rotatable bonds is 5. The minimum Gasteiger partial charge on any atom is -0.482 e. The maximum atomic E-state index is 12.5. The number of hydrogen-bond donors (Lipinski definition) is 2. The van der Waals surface area contributed by atoms with E-state index in [9.17, 15) is 4.79 Å². The topological polar surface area (TPSA) is 89.4 Å². The molecule has 0 unspecified atom stereocenters. The summed E-state index contributed by atoms with van der Waals surface area (Å²) in [6.45, 7) is 2.75. The normalized spacial score (nSPS) is 20.0. The number of aromatic amines is 1. The van der Waals surface area contributed by atoms with Crippen molar-refractivity contribution in [3.8, 4) is 5.75 Å². The lowest BCUT2D eigenvalue weighted by atomic mass is 10.1. The molecule has 0 spiro atoms. The van der Waals surface area contributed by atoms with Gasteiger partial charge in [0.1, 0.15) is 17.4 Å². The summed E-state index contributed by atoms with van der Waals surface area (Å²) in [5.74, 6) is 1.32. The molecule has 25 heavy (non-hydrogen) atoms. The molecule has 7 nitrogen and oxygen atoms in total. The van der Waals surface area contributed by atoms with Gasteiger partial charge in [-0.1, -0.05) is 18.2 Å². The van der Waals surface area contributed by atoms with Crippen LogP contribution in [0, 0.1) is 6.92 Å². The Morgan fingerprint density at radius 1 is 1.40 bits per heavy atom. The number of ether oxygens (including phenoxy) is 2. The average molecular weight is 341 g/mol.